The highest BCUT2D eigenvalue weighted by molar-refractivity contribution is 7.47. The maximum Gasteiger partial charge on any atom is 0.472 e. The average Bonchev–Trinajstić information content (AvgIpc) is 3.64. The Balaban J connectivity index is 3.96. The number of allylic oxidation sites excluding steroid dienone is 28. The Morgan fingerprint density at radius 1 is 0.345 bits per heavy atom. The van der Waals surface area contributed by atoms with Gasteiger partial charge in [-0.05, 0) is 128 Å². The lowest BCUT2D eigenvalue weighted by molar-refractivity contribution is -0.161. The first-order valence-corrected chi connectivity index (χ1v) is 36.1. The molecule has 0 rings (SSSR count). The minimum absolute atomic E-state index is 0.0449. The number of phosphoric acid groups is 1. The summed E-state index contributed by atoms with van der Waals surface area (Å²) in [5, 5.41) is 0. The monoisotopic (exact) mass is 1220 g/mol. The Hall–Kier alpha value is -4.63. The molecule has 0 saturated heterocycles. The first kappa shape index (κ1) is 82.4. The summed E-state index contributed by atoms with van der Waals surface area (Å²) in [5.41, 5.74) is 5.40. The van der Waals surface area contributed by atoms with Gasteiger partial charge in [0, 0.05) is 19.4 Å². The van der Waals surface area contributed by atoms with Crippen LogP contribution in [0.2, 0.25) is 0 Å². The van der Waals surface area contributed by atoms with E-state index >= 15 is 0 Å². The van der Waals surface area contributed by atoms with Crippen LogP contribution >= 0.6 is 7.82 Å². The lowest BCUT2D eigenvalue weighted by atomic mass is 10.0. The number of unbranched alkanes of at least 4 members (excludes halogenated alkanes) is 22. The number of nitrogens with two attached hydrogens (primary N) is 1. The summed E-state index contributed by atoms with van der Waals surface area (Å²) in [6, 6.07) is 0. The highest BCUT2D eigenvalue weighted by Gasteiger charge is 2.26. The number of ether oxygens (including phenoxy) is 2. The van der Waals surface area contributed by atoms with Crippen molar-refractivity contribution in [1.82, 2.24) is 0 Å². The van der Waals surface area contributed by atoms with Gasteiger partial charge >= 0.3 is 19.8 Å². The molecule has 0 aromatic carbocycles. The van der Waals surface area contributed by atoms with Crippen LogP contribution in [0.5, 0.6) is 0 Å². The van der Waals surface area contributed by atoms with Crippen molar-refractivity contribution in [3.63, 3.8) is 0 Å². The lowest BCUT2D eigenvalue weighted by Gasteiger charge is -2.19. The summed E-state index contributed by atoms with van der Waals surface area (Å²) < 4.78 is 33.2. The van der Waals surface area contributed by atoms with Crippen LogP contribution in [-0.4, -0.2) is 49.3 Å². The lowest BCUT2D eigenvalue weighted by Crippen LogP contribution is -2.29. The van der Waals surface area contributed by atoms with E-state index in [2.05, 4.69) is 184 Å². The molecule has 3 N–H and O–H groups in total. The van der Waals surface area contributed by atoms with E-state index in [-0.39, 0.29) is 38.6 Å². The fourth-order valence-electron chi connectivity index (χ4n) is 9.07. The molecule has 0 aromatic rings. The topological polar surface area (TPSA) is 134 Å². The first-order valence-electron chi connectivity index (χ1n) is 34.6. The highest BCUT2D eigenvalue weighted by atomic mass is 31.2. The molecule has 2 atom stereocenters. The van der Waals surface area contributed by atoms with E-state index < -0.39 is 26.5 Å². The van der Waals surface area contributed by atoms with Gasteiger partial charge in [0.1, 0.15) is 6.61 Å². The molecule has 0 heterocycles. The Labute approximate surface area is 533 Å². The fourth-order valence-corrected chi connectivity index (χ4v) is 9.83. The van der Waals surface area contributed by atoms with Gasteiger partial charge in [0.15, 0.2) is 6.10 Å². The van der Waals surface area contributed by atoms with Gasteiger partial charge in [-0.2, -0.15) is 0 Å². The van der Waals surface area contributed by atoms with Crippen LogP contribution < -0.4 is 5.73 Å². The van der Waals surface area contributed by atoms with Crippen molar-refractivity contribution >= 4 is 19.8 Å². The van der Waals surface area contributed by atoms with Gasteiger partial charge in [-0.1, -0.05) is 300 Å². The molecular weight excluding hydrogens is 1100 g/mol. The number of carbonyl (C=O) groups is 2. The fraction of sp³-hybridized carbons (Fsp3) is 0.610. The standard InChI is InChI=1S/C77H126NO8P/c1-3-5-7-9-11-13-15-17-19-21-23-25-27-29-31-32-33-34-35-36-37-38-39-40-41-42-44-46-48-50-52-54-56-58-60-62-64-66-68-70-77(80)86-75(74-85-87(81,82)84-72-71-78)73-83-76(79)69-67-65-63-61-59-57-55-53-51-49-47-45-43-30-28-26-24-22-20-18-16-14-12-10-8-6-4-2/h5-8,11-14,17-20,23-26,29-31,33-34,36-37,39-40,42-44,75H,3-4,9-10,15-16,21-22,27-28,32,35,38,41,45-74,78H2,1-2H3,(H,81,82)/b7-5-,8-6-,13-11-,14-12-,19-17-,20-18-,25-23-,26-24-,31-29-,34-33-,37-36-,40-39-,43-30-,44-42-. The van der Waals surface area contributed by atoms with Crippen molar-refractivity contribution in [1.29, 1.82) is 0 Å². The van der Waals surface area contributed by atoms with Crippen LogP contribution in [0, 0.1) is 0 Å². The summed E-state index contributed by atoms with van der Waals surface area (Å²) >= 11 is 0. The molecule has 0 amide bonds. The van der Waals surface area contributed by atoms with Gasteiger partial charge < -0.3 is 20.1 Å². The van der Waals surface area contributed by atoms with E-state index in [0.29, 0.717) is 6.42 Å². The third-order valence-electron chi connectivity index (χ3n) is 14.1. The second-order valence-electron chi connectivity index (χ2n) is 22.3. The zero-order chi connectivity index (χ0) is 63.0. The molecule has 0 aliphatic heterocycles. The van der Waals surface area contributed by atoms with E-state index in [1.165, 1.54) is 89.9 Å². The molecule has 0 saturated carbocycles. The van der Waals surface area contributed by atoms with Gasteiger partial charge in [-0.25, -0.2) is 4.57 Å². The number of carbonyl (C=O) groups excluding carboxylic acids is 2. The van der Waals surface area contributed by atoms with Crippen molar-refractivity contribution in [3.05, 3.63) is 170 Å². The summed E-state index contributed by atoms with van der Waals surface area (Å²) in [7, 11) is -4.41. The summed E-state index contributed by atoms with van der Waals surface area (Å²) in [5.74, 6) is -0.841. The van der Waals surface area contributed by atoms with Crippen LogP contribution in [0.4, 0.5) is 0 Å². The maximum atomic E-state index is 12.8. The zero-order valence-corrected chi connectivity index (χ0v) is 56.1. The largest absolute Gasteiger partial charge is 0.472 e. The minimum Gasteiger partial charge on any atom is -0.462 e. The highest BCUT2D eigenvalue weighted by Crippen LogP contribution is 2.43. The van der Waals surface area contributed by atoms with Gasteiger partial charge in [0.05, 0.1) is 13.2 Å². The first-order chi connectivity index (χ1) is 42.8. The van der Waals surface area contributed by atoms with Crippen molar-refractivity contribution in [2.24, 2.45) is 5.73 Å². The van der Waals surface area contributed by atoms with Gasteiger partial charge in [0.25, 0.3) is 0 Å². The van der Waals surface area contributed by atoms with E-state index in [1.54, 1.807) is 0 Å². The summed E-state index contributed by atoms with van der Waals surface area (Å²) in [6.45, 7) is 3.51. The second-order valence-corrected chi connectivity index (χ2v) is 23.7. The summed E-state index contributed by atoms with van der Waals surface area (Å²) in [4.78, 5) is 35.4. The SMILES string of the molecule is CC/C=C\C/C=C\C/C=C\C/C=C\C/C=C\C/C=C\C/C=C\C/C=C\C/C=C\CCCCCCCCCCCCCC(=O)OC(COC(=O)CCCCCCCCCCCCC/C=C\C/C=C\C/C=C\C/C=C\C/C=C\CC)COP(=O)(O)OCCN. The van der Waals surface area contributed by atoms with Crippen LogP contribution in [0.1, 0.15) is 271 Å². The molecule has 87 heavy (non-hydrogen) atoms. The molecule has 492 valence electrons. The third-order valence-corrected chi connectivity index (χ3v) is 15.1. The number of esters is 2. The molecule has 10 heteroatoms. The van der Waals surface area contributed by atoms with Crippen LogP contribution in [0.25, 0.3) is 0 Å². The molecule has 9 nitrogen and oxygen atoms in total. The Morgan fingerprint density at radius 2 is 0.598 bits per heavy atom. The number of hydrogen-bond acceptors (Lipinski definition) is 8. The van der Waals surface area contributed by atoms with Crippen molar-refractivity contribution < 1.29 is 37.6 Å². The summed E-state index contributed by atoms with van der Waals surface area (Å²) in [6.07, 6.45) is 104. The van der Waals surface area contributed by atoms with E-state index in [9.17, 15) is 19.0 Å². The van der Waals surface area contributed by atoms with E-state index in [4.69, 9.17) is 24.3 Å². The molecule has 0 bridgehead atoms. The Kier molecular flexibility index (Phi) is 66.7. The van der Waals surface area contributed by atoms with Gasteiger partial charge in [-0.3, -0.25) is 18.6 Å². The van der Waals surface area contributed by atoms with E-state index in [0.717, 1.165) is 148 Å². The predicted octanol–water partition coefficient (Wildman–Crippen LogP) is 23.0. The number of hydrogen-bond donors (Lipinski definition) is 2. The van der Waals surface area contributed by atoms with Gasteiger partial charge in [0.2, 0.25) is 0 Å². The molecule has 2 unspecified atom stereocenters. The molecule has 0 aliphatic carbocycles. The molecular formula is C77H126NO8P. The molecule has 0 aliphatic rings. The van der Waals surface area contributed by atoms with Crippen molar-refractivity contribution in [3.8, 4) is 0 Å². The van der Waals surface area contributed by atoms with E-state index in [1.807, 2.05) is 0 Å². The number of rotatable bonds is 63. The molecule has 0 aromatic heterocycles. The van der Waals surface area contributed by atoms with Crippen LogP contribution in [-0.2, 0) is 32.7 Å². The van der Waals surface area contributed by atoms with Crippen LogP contribution in [0.15, 0.2) is 170 Å². The molecule has 0 fully saturated rings. The van der Waals surface area contributed by atoms with Gasteiger partial charge in [-0.15, -0.1) is 0 Å². The quantitative estimate of drug-likeness (QED) is 0.0264. The Bertz CT molecular complexity index is 2030. The zero-order valence-electron chi connectivity index (χ0n) is 55.2. The second kappa shape index (κ2) is 70.5. The minimum atomic E-state index is -4.41. The van der Waals surface area contributed by atoms with Crippen molar-refractivity contribution in [2.45, 2.75) is 277 Å². The van der Waals surface area contributed by atoms with Crippen molar-refractivity contribution in [2.75, 3.05) is 26.4 Å². The van der Waals surface area contributed by atoms with Crippen LogP contribution in [0.3, 0.4) is 0 Å². The predicted molar refractivity (Wildman–Crippen MR) is 376 cm³/mol. The molecule has 0 spiro atoms. The normalized spacial score (nSPS) is 14.0. The average molecular weight is 1220 g/mol. The third kappa shape index (κ3) is 70.3. The smallest absolute Gasteiger partial charge is 0.462 e. The number of phosphoric ester groups is 1. The Morgan fingerprint density at radius 3 is 0.885 bits per heavy atom. The molecule has 0 radical (unpaired) electrons. The maximum absolute atomic E-state index is 12.8.